The molecule has 1 aromatic heterocycles. The Balaban J connectivity index is 1.66. The molecule has 1 fully saturated rings. The summed E-state index contributed by atoms with van der Waals surface area (Å²) in [6.45, 7) is 6.38. The molecular weight excluding hydrogens is 407 g/mol. The first kappa shape index (κ1) is 22.0. The molecule has 1 atom stereocenters. The van der Waals surface area contributed by atoms with Gasteiger partial charge in [-0.1, -0.05) is 6.08 Å². The summed E-state index contributed by atoms with van der Waals surface area (Å²) in [7, 11) is 0. The molecule has 0 saturated carbocycles. The number of aromatic nitrogens is 1. The van der Waals surface area contributed by atoms with Gasteiger partial charge < -0.3 is 14.4 Å². The largest absolute Gasteiger partial charge is 0.490 e. The quantitative estimate of drug-likeness (QED) is 0.362. The van der Waals surface area contributed by atoms with Gasteiger partial charge in [0.2, 0.25) is 0 Å². The van der Waals surface area contributed by atoms with Crippen molar-refractivity contribution in [1.82, 2.24) is 9.88 Å². The molecule has 1 aromatic carbocycles. The Hall–Kier alpha value is -2.71. The first-order valence-electron chi connectivity index (χ1n) is 9.52. The van der Waals surface area contributed by atoms with Gasteiger partial charge in [0.25, 0.3) is 5.91 Å². The Bertz CT molecular complexity index is 937. The molecule has 8 heteroatoms. The SMILES string of the molecule is C=CCSc1ncccc1C(=O)N1CCOC(COc2ccc(F)cc2C(C)=O)C1. The number of rotatable bonds is 8. The lowest BCUT2D eigenvalue weighted by atomic mass is 10.1. The second kappa shape index (κ2) is 10.4. The van der Waals surface area contributed by atoms with Gasteiger partial charge in [-0.15, -0.1) is 18.3 Å². The van der Waals surface area contributed by atoms with Gasteiger partial charge >= 0.3 is 0 Å². The summed E-state index contributed by atoms with van der Waals surface area (Å²) in [5, 5.41) is 0.666. The predicted molar refractivity (Wildman–Crippen MR) is 113 cm³/mol. The van der Waals surface area contributed by atoms with E-state index >= 15 is 0 Å². The number of carbonyl (C=O) groups is 2. The van der Waals surface area contributed by atoms with Gasteiger partial charge in [0.1, 0.15) is 29.3 Å². The van der Waals surface area contributed by atoms with Crippen LogP contribution in [0.4, 0.5) is 4.39 Å². The highest BCUT2D eigenvalue weighted by atomic mass is 32.2. The van der Waals surface area contributed by atoms with Crippen LogP contribution in [0.25, 0.3) is 0 Å². The van der Waals surface area contributed by atoms with Gasteiger partial charge in [-0.3, -0.25) is 9.59 Å². The lowest BCUT2D eigenvalue weighted by Crippen LogP contribution is -2.47. The number of pyridine rings is 1. The smallest absolute Gasteiger partial charge is 0.256 e. The first-order valence-corrected chi connectivity index (χ1v) is 10.5. The van der Waals surface area contributed by atoms with Crippen molar-refractivity contribution < 1.29 is 23.5 Å². The van der Waals surface area contributed by atoms with Crippen molar-refractivity contribution in [2.75, 3.05) is 32.1 Å². The lowest BCUT2D eigenvalue weighted by Gasteiger charge is -2.33. The topological polar surface area (TPSA) is 68.7 Å². The zero-order chi connectivity index (χ0) is 21.5. The van der Waals surface area contributed by atoms with Crippen molar-refractivity contribution in [2.24, 2.45) is 0 Å². The lowest BCUT2D eigenvalue weighted by molar-refractivity contribution is -0.0403. The molecule has 1 amide bonds. The Morgan fingerprint density at radius 2 is 2.23 bits per heavy atom. The van der Waals surface area contributed by atoms with E-state index in [0.717, 1.165) is 6.07 Å². The standard InChI is InChI=1S/C22H23FN2O4S/c1-3-11-30-21-18(5-4-8-24-21)22(27)25-9-10-28-17(13-25)14-29-20-7-6-16(23)12-19(20)15(2)26/h3-8,12,17H,1,9-11,13-14H2,2H3. The Morgan fingerprint density at radius 1 is 1.40 bits per heavy atom. The van der Waals surface area contributed by atoms with Gasteiger partial charge in [-0.05, 0) is 37.3 Å². The van der Waals surface area contributed by atoms with Gasteiger partial charge in [0.15, 0.2) is 5.78 Å². The van der Waals surface area contributed by atoms with E-state index < -0.39 is 5.82 Å². The Morgan fingerprint density at radius 3 is 3.00 bits per heavy atom. The highest BCUT2D eigenvalue weighted by Gasteiger charge is 2.27. The molecule has 1 unspecified atom stereocenters. The molecule has 0 radical (unpaired) electrons. The highest BCUT2D eigenvalue weighted by Crippen LogP contribution is 2.24. The fourth-order valence-corrected chi connectivity index (χ4v) is 3.79. The predicted octanol–water partition coefficient (Wildman–Crippen LogP) is 3.62. The minimum atomic E-state index is -0.500. The summed E-state index contributed by atoms with van der Waals surface area (Å²) < 4.78 is 24.9. The van der Waals surface area contributed by atoms with Crippen molar-refractivity contribution in [1.29, 1.82) is 0 Å². The summed E-state index contributed by atoms with van der Waals surface area (Å²) in [5.74, 6) is 0.0554. The van der Waals surface area contributed by atoms with Gasteiger partial charge in [0, 0.05) is 18.5 Å². The number of benzene rings is 1. The van der Waals surface area contributed by atoms with Gasteiger partial charge in [-0.2, -0.15) is 0 Å². The van der Waals surface area contributed by atoms with E-state index in [1.165, 1.54) is 30.8 Å². The van der Waals surface area contributed by atoms with E-state index in [-0.39, 0.29) is 30.0 Å². The number of hydrogen-bond acceptors (Lipinski definition) is 6. The maximum atomic E-state index is 13.4. The molecule has 0 spiro atoms. The van der Waals surface area contributed by atoms with Crippen LogP contribution in [0.15, 0.2) is 54.2 Å². The average molecular weight is 431 g/mol. The molecule has 6 nitrogen and oxygen atoms in total. The second-order valence-electron chi connectivity index (χ2n) is 6.71. The third kappa shape index (κ3) is 5.46. The normalized spacial score (nSPS) is 16.2. The number of nitrogens with zero attached hydrogens (tertiary/aromatic N) is 2. The van der Waals surface area contributed by atoms with Crippen LogP contribution >= 0.6 is 11.8 Å². The zero-order valence-corrected chi connectivity index (χ0v) is 17.5. The number of hydrogen-bond donors (Lipinski definition) is 0. The molecule has 0 N–H and O–H groups in total. The van der Waals surface area contributed by atoms with E-state index in [9.17, 15) is 14.0 Å². The fourth-order valence-electron chi connectivity index (χ4n) is 3.07. The molecular formula is C22H23FN2O4S. The van der Waals surface area contributed by atoms with E-state index in [2.05, 4.69) is 11.6 Å². The molecule has 158 valence electrons. The molecule has 2 aromatic rings. The molecule has 1 saturated heterocycles. The maximum Gasteiger partial charge on any atom is 0.256 e. The number of morpholine rings is 1. The number of amides is 1. The minimum Gasteiger partial charge on any atom is -0.490 e. The number of thioether (sulfide) groups is 1. The summed E-state index contributed by atoms with van der Waals surface area (Å²) >= 11 is 1.46. The molecule has 3 rings (SSSR count). The minimum absolute atomic E-state index is 0.117. The third-order valence-corrected chi connectivity index (χ3v) is 5.51. The monoisotopic (exact) mass is 430 g/mol. The van der Waals surface area contributed by atoms with Crippen LogP contribution in [0.5, 0.6) is 5.75 Å². The van der Waals surface area contributed by atoms with Crippen molar-refractivity contribution >= 4 is 23.5 Å². The fraction of sp³-hybridized carbons (Fsp3) is 0.318. The maximum absolute atomic E-state index is 13.4. The Labute approximate surface area is 179 Å². The number of ketones is 1. The van der Waals surface area contributed by atoms with Crippen molar-refractivity contribution in [3.8, 4) is 5.75 Å². The van der Waals surface area contributed by atoms with E-state index in [1.54, 1.807) is 29.3 Å². The van der Waals surface area contributed by atoms with Crippen LogP contribution in [0.1, 0.15) is 27.6 Å². The third-order valence-electron chi connectivity index (χ3n) is 4.51. The molecule has 1 aliphatic heterocycles. The molecule has 1 aliphatic rings. The van der Waals surface area contributed by atoms with Crippen LogP contribution in [-0.4, -0.2) is 59.7 Å². The number of carbonyl (C=O) groups excluding carboxylic acids is 2. The van der Waals surface area contributed by atoms with Crippen molar-refractivity contribution in [3.05, 3.63) is 66.1 Å². The summed E-state index contributed by atoms with van der Waals surface area (Å²) in [4.78, 5) is 30.8. The molecule has 0 bridgehead atoms. The highest BCUT2D eigenvalue weighted by molar-refractivity contribution is 7.99. The van der Waals surface area contributed by atoms with Gasteiger partial charge in [-0.25, -0.2) is 9.37 Å². The molecule has 2 heterocycles. The number of halogens is 1. The first-order chi connectivity index (χ1) is 14.5. The van der Waals surface area contributed by atoms with Crippen LogP contribution in [0, 0.1) is 5.82 Å². The van der Waals surface area contributed by atoms with Crippen LogP contribution < -0.4 is 4.74 Å². The number of Topliss-reactive ketones (excluding diaryl/α,β-unsaturated/α-hetero) is 1. The molecule has 30 heavy (non-hydrogen) atoms. The Kier molecular flexibility index (Phi) is 7.59. The van der Waals surface area contributed by atoms with E-state index in [1.807, 2.05) is 0 Å². The summed E-state index contributed by atoms with van der Waals surface area (Å²) in [5.41, 5.74) is 0.723. The summed E-state index contributed by atoms with van der Waals surface area (Å²) in [6.07, 6.45) is 3.06. The van der Waals surface area contributed by atoms with Crippen LogP contribution in [0.2, 0.25) is 0 Å². The molecule has 0 aliphatic carbocycles. The van der Waals surface area contributed by atoms with Gasteiger partial charge in [0.05, 0.1) is 24.3 Å². The van der Waals surface area contributed by atoms with Crippen LogP contribution in [-0.2, 0) is 4.74 Å². The average Bonchev–Trinajstić information content (AvgIpc) is 2.76. The van der Waals surface area contributed by atoms with E-state index in [0.29, 0.717) is 41.8 Å². The zero-order valence-electron chi connectivity index (χ0n) is 16.7. The van der Waals surface area contributed by atoms with E-state index in [4.69, 9.17) is 9.47 Å². The van der Waals surface area contributed by atoms with Crippen LogP contribution in [0.3, 0.4) is 0 Å². The number of ether oxygens (including phenoxy) is 2. The summed E-state index contributed by atoms with van der Waals surface area (Å²) in [6, 6.07) is 7.32. The van der Waals surface area contributed by atoms with Crippen molar-refractivity contribution in [2.45, 2.75) is 18.1 Å². The second-order valence-corrected chi connectivity index (χ2v) is 7.72. The van der Waals surface area contributed by atoms with Crippen molar-refractivity contribution in [3.63, 3.8) is 0 Å².